The van der Waals surface area contributed by atoms with Crippen LogP contribution in [0.5, 0.6) is 0 Å². The van der Waals surface area contributed by atoms with E-state index >= 15 is 0 Å². The smallest absolute Gasteiger partial charge is 0.223 e. The van der Waals surface area contributed by atoms with Crippen LogP contribution in [0.1, 0.15) is 58.3 Å². The molecule has 2 rings (SSSR count). The summed E-state index contributed by atoms with van der Waals surface area (Å²) in [5, 5.41) is 15.3. The van der Waals surface area contributed by atoms with Gasteiger partial charge in [0.15, 0.2) is 5.84 Å². The third-order valence-electron chi connectivity index (χ3n) is 4.97. The monoisotopic (exact) mass is 267 g/mol. The predicted octanol–water partition coefficient (Wildman–Crippen LogP) is 1.99. The first-order valence-electron chi connectivity index (χ1n) is 7.41. The second-order valence-corrected chi connectivity index (χ2v) is 6.04. The molecule has 2 aliphatic carbocycles. The molecule has 5 nitrogen and oxygen atoms in total. The summed E-state index contributed by atoms with van der Waals surface area (Å²) in [6, 6.07) is 0. The first-order chi connectivity index (χ1) is 9.11. The topological polar surface area (TPSA) is 87.7 Å². The maximum atomic E-state index is 12.2. The van der Waals surface area contributed by atoms with Crippen molar-refractivity contribution in [2.45, 2.75) is 63.8 Å². The molecule has 0 aliphatic heterocycles. The average molecular weight is 267 g/mol. The second kappa shape index (κ2) is 5.80. The number of rotatable bonds is 4. The Morgan fingerprint density at radius 2 is 2.00 bits per heavy atom. The average Bonchev–Trinajstić information content (AvgIpc) is 2.36. The second-order valence-electron chi connectivity index (χ2n) is 6.04. The SMILES string of the molecule is CCC1CCC(NC(=O)C2CCC2)(/C(N)=N/O)CC1. The van der Waals surface area contributed by atoms with E-state index in [0.717, 1.165) is 51.4 Å². The number of hydrogen-bond acceptors (Lipinski definition) is 3. The van der Waals surface area contributed by atoms with Crippen molar-refractivity contribution >= 4 is 11.7 Å². The highest BCUT2D eigenvalue weighted by Crippen LogP contribution is 2.35. The zero-order valence-electron chi connectivity index (χ0n) is 11.7. The highest BCUT2D eigenvalue weighted by molar-refractivity contribution is 5.94. The van der Waals surface area contributed by atoms with E-state index in [2.05, 4.69) is 17.4 Å². The highest BCUT2D eigenvalue weighted by Gasteiger charge is 2.42. The van der Waals surface area contributed by atoms with Gasteiger partial charge in [-0.25, -0.2) is 0 Å². The normalized spacial score (nSPS) is 32.7. The number of amides is 1. The molecular formula is C14H25N3O2. The van der Waals surface area contributed by atoms with Crippen LogP contribution in [0.3, 0.4) is 0 Å². The molecule has 19 heavy (non-hydrogen) atoms. The lowest BCUT2D eigenvalue weighted by atomic mass is 9.74. The van der Waals surface area contributed by atoms with Crippen molar-refractivity contribution in [1.29, 1.82) is 0 Å². The maximum Gasteiger partial charge on any atom is 0.223 e. The summed E-state index contributed by atoms with van der Waals surface area (Å²) in [6.45, 7) is 2.19. The minimum absolute atomic E-state index is 0.0767. The Labute approximate surface area is 114 Å². The van der Waals surface area contributed by atoms with E-state index in [-0.39, 0.29) is 17.7 Å². The zero-order chi connectivity index (χ0) is 13.9. The summed E-state index contributed by atoms with van der Waals surface area (Å²) in [6.07, 6.45) is 7.83. The first-order valence-corrected chi connectivity index (χ1v) is 7.41. The quantitative estimate of drug-likeness (QED) is 0.315. The highest BCUT2D eigenvalue weighted by atomic mass is 16.4. The summed E-state index contributed by atoms with van der Waals surface area (Å²) < 4.78 is 0. The summed E-state index contributed by atoms with van der Waals surface area (Å²) in [5.41, 5.74) is 5.24. The number of carbonyl (C=O) groups excluding carboxylic acids is 1. The van der Waals surface area contributed by atoms with Crippen molar-refractivity contribution in [3.8, 4) is 0 Å². The molecule has 5 heteroatoms. The van der Waals surface area contributed by atoms with E-state index in [9.17, 15) is 4.79 Å². The number of nitrogens with two attached hydrogens (primary N) is 1. The van der Waals surface area contributed by atoms with E-state index < -0.39 is 5.54 Å². The van der Waals surface area contributed by atoms with Crippen LogP contribution in [0, 0.1) is 11.8 Å². The van der Waals surface area contributed by atoms with Gasteiger partial charge in [-0.1, -0.05) is 24.9 Å². The Morgan fingerprint density at radius 3 is 2.42 bits per heavy atom. The van der Waals surface area contributed by atoms with Crippen molar-refractivity contribution in [2.75, 3.05) is 0 Å². The predicted molar refractivity (Wildman–Crippen MR) is 73.9 cm³/mol. The van der Waals surface area contributed by atoms with Crippen molar-refractivity contribution in [3.63, 3.8) is 0 Å². The molecule has 2 aliphatic rings. The van der Waals surface area contributed by atoms with Gasteiger partial charge in [0.05, 0.1) is 0 Å². The van der Waals surface area contributed by atoms with Crippen molar-refractivity contribution in [1.82, 2.24) is 5.32 Å². The van der Waals surface area contributed by atoms with Crippen molar-refractivity contribution < 1.29 is 10.0 Å². The molecule has 0 radical (unpaired) electrons. The molecule has 0 saturated heterocycles. The minimum Gasteiger partial charge on any atom is -0.409 e. The van der Waals surface area contributed by atoms with Crippen LogP contribution in [0.25, 0.3) is 0 Å². The number of amidine groups is 1. The van der Waals surface area contributed by atoms with Gasteiger partial charge < -0.3 is 16.3 Å². The van der Waals surface area contributed by atoms with Crippen LogP contribution in [0.15, 0.2) is 5.16 Å². The van der Waals surface area contributed by atoms with Gasteiger partial charge in [0.25, 0.3) is 0 Å². The number of oxime groups is 1. The van der Waals surface area contributed by atoms with Crippen LogP contribution in [0.4, 0.5) is 0 Å². The summed E-state index contributed by atoms with van der Waals surface area (Å²) in [5.74, 6) is 1.06. The molecule has 2 saturated carbocycles. The lowest BCUT2D eigenvalue weighted by molar-refractivity contribution is -0.129. The number of nitrogens with one attached hydrogen (secondary N) is 1. The number of hydrogen-bond donors (Lipinski definition) is 3. The lowest BCUT2D eigenvalue weighted by Crippen LogP contribution is -2.60. The van der Waals surface area contributed by atoms with Gasteiger partial charge in [0, 0.05) is 5.92 Å². The lowest BCUT2D eigenvalue weighted by Gasteiger charge is -2.41. The van der Waals surface area contributed by atoms with Gasteiger partial charge in [-0.3, -0.25) is 4.79 Å². The van der Waals surface area contributed by atoms with E-state index in [0.29, 0.717) is 5.92 Å². The van der Waals surface area contributed by atoms with Gasteiger partial charge in [-0.05, 0) is 44.4 Å². The minimum atomic E-state index is -0.618. The van der Waals surface area contributed by atoms with Gasteiger partial charge >= 0.3 is 0 Å². The Morgan fingerprint density at radius 1 is 1.37 bits per heavy atom. The van der Waals surface area contributed by atoms with Crippen LogP contribution >= 0.6 is 0 Å². The summed E-state index contributed by atoms with van der Waals surface area (Å²) in [7, 11) is 0. The van der Waals surface area contributed by atoms with E-state index in [1.54, 1.807) is 0 Å². The Bertz CT molecular complexity index is 356. The molecule has 0 heterocycles. The van der Waals surface area contributed by atoms with Crippen LogP contribution in [-0.2, 0) is 4.79 Å². The molecule has 0 atom stereocenters. The molecule has 108 valence electrons. The maximum absolute atomic E-state index is 12.2. The zero-order valence-corrected chi connectivity index (χ0v) is 11.7. The third-order valence-corrected chi connectivity index (χ3v) is 4.97. The van der Waals surface area contributed by atoms with Crippen LogP contribution in [-0.4, -0.2) is 22.5 Å². The van der Waals surface area contributed by atoms with E-state index in [1.807, 2.05) is 0 Å². The van der Waals surface area contributed by atoms with Crippen molar-refractivity contribution in [3.05, 3.63) is 0 Å². The molecule has 4 N–H and O–H groups in total. The molecule has 0 aromatic carbocycles. The number of carbonyl (C=O) groups is 1. The molecule has 0 spiro atoms. The molecule has 2 fully saturated rings. The van der Waals surface area contributed by atoms with E-state index in [4.69, 9.17) is 10.9 Å². The fraction of sp³-hybridized carbons (Fsp3) is 0.857. The molecule has 0 unspecified atom stereocenters. The molecular weight excluding hydrogens is 242 g/mol. The Hall–Kier alpha value is -1.26. The van der Waals surface area contributed by atoms with E-state index in [1.165, 1.54) is 0 Å². The van der Waals surface area contributed by atoms with Crippen molar-refractivity contribution in [2.24, 2.45) is 22.7 Å². The molecule has 0 bridgehead atoms. The van der Waals surface area contributed by atoms with Gasteiger partial charge in [0.2, 0.25) is 5.91 Å². The molecule has 0 aromatic rings. The fourth-order valence-corrected chi connectivity index (χ4v) is 3.13. The Balaban J connectivity index is 2.05. The van der Waals surface area contributed by atoms with Gasteiger partial charge in [-0.15, -0.1) is 0 Å². The first kappa shape index (κ1) is 14.2. The van der Waals surface area contributed by atoms with Crippen LogP contribution in [0.2, 0.25) is 0 Å². The number of nitrogens with zero attached hydrogens (tertiary/aromatic N) is 1. The fourth-order valence-electron chi connectivity index (χ4n) is 3.13. The van der Waals surface area contributed by atoms with Gasteiger partial charge in [-0.2, -0.15) is 0 Å². The summed E-state index contributed by atoms with van der Waals surface area (Å²) in [4.78, 5) is 12.2. The summed E-state index contributed by atoms with van der Waals surface area (Å²) >= 11 is 0. The standard InChI is InChI=1S/C14H25N3O2/c1-2-10-6-8-14(9-7-10,13(15)17-19)16-12(18)11-4-3-5-11/h10-11,19H,2-9H2,1H3,(H2,15,17)(H,16,18). The van der Waals surface area contributed by atoms with Crippen LogP contribution < -0.4 is 11.1 Å². The van der Waals surface area contributed by atoms with Gasteiger partial charge in [0.1, 0.15) is 5.54 Å². The molecule has 1 amide bonds. The largest absolute Gasteiger partial charge is 0.409 e. The third kappa shape index (κ3) is 2.85. The Kier molecular flexibility index (Phi) is 4.32. The molecule has 0 aromatic heterocycles.